The highest BCUT2D eigenvalue weighted by Crippen LogP contribution is 2.36. The minimum absolute atomic E-state index is 0.0830. The molecule has 0 saturated carbocycles. The van der Waals surface area contributed by atoms with Crippen molar-refractivity contribution in [2.24, 2.45) is 0 Å². The monoisotopic (exact) mass is 394 g/mol. The number of rotatable bonds is 3. The van der Waals surface area contributed by atoms with Crippen LogP contribution in [0.25, 0.3) is 0 Å². The van der Waals surface area contributed by atoms with Crippen LogP contribution in [0.1, 0.15) is 54.0 Å². The van der Waals surface area contributed by atoms with Crippen molar-refractivity contribution < 1.29 is 14.1 Å². The molecule has 0 radical (unpaired) electrons. The van der Waals surface area contributed by atoms with E-state index >= 15 is 0 Å². The maximum Gasteiger partial charge on any atom is 0.494 e. The summed E-state index contributed by atoms with van der Waals surface area (Å²) in [5, 5.41) is 5.71. The van der Waals surface area contributed by atoms with Gasteiger partial charge in [0, 0.05) is 11.4 Å². The number of benzene rings is 2. The smallest absolute Gasteiger partial charge is 0.399 e. The highest BCUT2D eigenvalue weighted by Gasteiger charge is 2.51. The van der Waals surface area contributed by atoms with E-state index in [-0.39, 0.29) is 22.6 Å². The van der Waals surface area contributed by atoms with Crippen LogP contribution in [0, 0.1) is 0 Å². The first-order chi connectivity index (χ1) is 13.4. The number of nitrogens with one attached hydrogen (secondary N) is 2. The van der Waals surface area contributed by atoms with Crippen molar-refractivity contribution >= 4 is 30.0 Å². The Balaban J connectivity index is 1.59. The summed E-state index contributed by atoms with van der Waals surface area (Å²) in [7, 11) is -0.413. The quantitative estimate of drug-likeness (QED) is 0.726. The number of amides is 2. The Morgan fingerprint density at radius 3 is 1.62 bits per heavy atom. The number of hydrogen-bond donors (Lipinski definition) is 2. The molecule has 1 aliphatic heterocycles. The lowest BCUT2D eigenvalue weighted by Crippen LogP contribution is -2.41. The first-order valence-electron chi connectivity index (χ1n) is 10.0. The molecule has 0 spiro atoms. The lowest BCUT2D eigenvalue weighted by atomic mass is 9.79. The molecule has 29 heavy (non-hydrogen) atoms. The van der Waals surface area contributed by atoms with E-state index in [0.29, 0.717) is 5.69 Å². The summed E-state index contributed by atoms with van der Waals surface area (Å²) in [5.74, 6) is 0. The molecule has 2 aromatic rings. The second-order valence-electron chi connectivity index (χ2n) is 9.62. The van der Waals surface area contributed by atoms with Gasteiger partial charge in [0.15, 0.2) is 0 Å². The second-order valence-corrected chi connectivity index (χ2v) is 9.62. The van der Waals surface area contributed by atoms with Gasteiger partial charge in [-0.2, -0.15) is 0 Å². The summed E-state index contributed by atoms with van der Waals surface area (Å²) in [6, 6.07) is 15.2. The maximum absolute atomic E-state index is 12.3. The minimum atomic E-state index is -0.413. The lowest BCUT2D eigenvalue weighted by Gasteiger charge is -2.32. The normalized spacial score (nSPS) is 17.8. The van der Waals surface area contributed by atoms with E-state index in [1.165, 1.54) is 5.56 Å². The van der Waals surface area contributed by atoms with Gasteiger partial charge in [-0.05, 0) is 68.4 Å². The molecular weight excluding hydrogens is 363 g/mol. The molecule has 1 fully saturated rings. The van der Waals surface area contributed by atoms with Crippen molar-refractivity contribution in [3.63, 3.8) is 0 Å². The number of urea groups is 1. The van der Waals surface area contributed by atoms with Crippen LogP contribution in [0.4, 0.5) is 16.2 Å². The summed E-state index contributed by atoms with van der Waals surface area (Å²) in [6.45, 7) is 14.6. The topological polar surface area (TPSA) is 59.6 Å². The molecule has 1 saturated heterocycles. The molecule has 2 amide bonds. The average molecular weight is 394 g/mol. The minimum Gasteiger partial charge on any atom is -0.399 e. The van der Waals surface area contributed by atoms with Gasteiger partial charge in [0.25, 0.3) is 0 Å². The first-order valence-corrected chi connectivity index (χ1v) is 10.0. The fraction of sp³-hybridized carbons (Fsp3) is 0.435. The van der Waals surface area contributed by atoms with Crippen LogP contribution < -0.4 is 16.1 Å². The van der Waals surface area contributed by atoms with Gasteiger partial charge in [0.05, 0.1) is 11.2 Å². The van der Waals surface area contributed by atoms with Gasteiger partial charge in [-0.1, -0.05) is 45.0 Å². The summed E-state index contributed by atoms with van der Waals surface area (Å²) in [4.78, 5) is 12.3. The van der Waals surface area contributed by atoms with E-state index in [9.17, 15) is 4.79 Å². The molecule has 0 aliphatic carbocycles. The highest BCUT2D eigenvalue weighted by atomic mass is 16.7. The third-order valence-electron chi connectivity index (χ3n) is 5.70. The van der Waals surface area contributed by atoms with Crippen LogP contribution in [0.3, 0.4) is 0 Å². The van der Waals surface area contributed by atoms with Gasteiger partial charge >= 0.3 is 13.1 Å². The summed E-state index contributed by atoms with van der Waals surface area (Å²) in [6.07, 6.45) is 0. The predicted molar refractivity (Wildman–Crippen MR) is 120 cm³/mol. The fourth-order valence-corrected chi connectivity index (χ4v) is 3.05. The molecule has 6 heteroatoms. The van der Waals surface area contributed by atoms with Gasteiger partial charge < -0.3 is 19.9 Å². The van der Waals surface area contributed by atoms with Crippen LogP contribution in [-0.4, -0.2) is 24.4 Å². The Morgan fingerprint density at radius 1 is 0.793 bits per heavy atom. The number of anilines is 2. The zero-order valence-electron chi connectivity index (χ0n) is 18.4. The fourth-order valence-electron chi connectivity index (χ4n) is 3.05. The second kappa shape index (κ2) is 7.50. The van der Waals surface area contributed by atoms with Crippen molar-refractivity contribution in [1.29, 1.82) is 0 Å². The molecule has 154 valence electrons. The third kappa shape index (κ3) is 4.82. The Bertz CT molecular complexity index is 852. The van der Waals surface area contributed by atoms with E-state index in [1.807, 2.05) is 76.2 Å². The van der Waals surface area contributed by atoms with E-state index in [1.54, 1.807) is 0 Å². The molecular formula is C23H31BN2O3. The maximum atomic E-state index is 12.3. The lowest BCUT2D eigenvalue weighted by molar-refractivity contribution is 0.00578. The number of hydrogen-bond acceptors (Lipinski definition) is 3. The van der Waals surface area contributed by atoms with Gasteiger partial charge in [0.1, 0.15) is 0 Å². The molecule has 2 aromatic carbocycles. The SMILES string of the molecule is CC(C)(C)c1ccc(NC(=O)Nc2ccc(B3OC(C)(C)C(C)(C)O3)cc2)cc1. The molecule has 0 unspecified atom stereocenters. The van der Waals surface area contributed by atoms with Crippen molar-refractivity contribution in [1.82, 2.24) is 0 Å². The molecule has 5 nitrogen and oxygen atoms in total. The number of carbonyl (C=O) groups is 1. The molecule has 3 rings (SSSR count). The van der Waals surface area contributed by atoms with E-state index in [2.05, 4.69) is 31.4 Å². The average Bonchev–Trinajstić information content (AvgIpc) is 2.83. The molecule has 2 N–H and O–H groups in total. The van der Waals surface area contributed by atoms with E-state index < -0.39 is 7.12 Å². The summed E-state index contributed by atoms with van der Waals surface area (Å²) >= 11 is 0. The van der Waals surface area contributed by atoms with Crippen LogP contribution in [0.15, 0.2) is 48.5 Å². The Labute approximate surface area is 174 Å². The van der Waals surface area contributed by atoms with Gasteiger partial charge in [-0.15, -0.1) is 0 Å². The van der Waals surface area contributed by atoms with Crippen LogP contribution in [0.2, 0.25) is 0 Å². The van der Waals surface area contributed by atoms with Crippen molar-refractivity contribution in [2.45, 2.75) is 65.1 Å². The van der Waals surface area contributed by atoms with Crippen LogP contribution >= 0.6 is 0 Å². The molecule has 1 heterocycles. The number of carbonyl (C=O) groups excluding carboxylic acids is 1. The van der Waals surface area contributed by atoms with E-state index in [0.717, 1.165) is 11.2 Å². The molecule has 0 bridgehead atoms. The Kier molecular flexibility index (Phi) is 5.54. The third-order valence-corrected chi connectivity index (χ3v) is 5.70. The highest BCUT2D eigenvalue weighted by molar-refractivity contribution is 6.62. The molecule has 0 aromatic heterocycles. The Hall–Kier alpha value is -2.31. The summed E-state index contributed by atoms with van der Waals surface area (Å²) < 4.78 is 12.1. The van der Waals surface area contributed by atoms with Crippen LogP contribution in [0.5, 0.6) is 0 Å². The van der Waals surface area contributed by atoms with Gasteiger partial charge in [-0.25, -0.2) is 4.79 Å². The first kappa shape index (κ1) is 21.4. The van der Waals surface area contributed by atoms with Crippen molar-refractivity contribution in [3.8, 4) is 0 Å². The van der Waals surface area contributed by atoms with Crippen molar-refractivity contribution in [3.05, 3.63) is 54.1 Å². The predicted octanol–water partition coefficient (Wildman–Crippen LogP) is 4.93. The van der Waals surface area contributed by atoms with Gasteiger partial charge in [0.2, 0.25) is 0 Å². The zero-order chi connectivity index (χ0) is 21.4. The molecule has 0 atom stereocenters. The zero-order valence-corrected chi connectivity index (χ0v) is 18.4. The van der Waals surface area contributed by atoms with Gasteiger partial charge in [-0.3, -0.25) is 0 Å². The van der Waals surface area contributed by atoms with Crippen LogP contribution in [-0.2, 0) is 14.7 Å². The summed E-state index contributed by atoms with van der Waals surface area (Å²) in [5.41, 5.74) is 2.93. The standard InChI is InChI=1S/C23H31BN2O3/c1-21(2,3)16-8-12-18(13-9-16)25-20(27)26-19-14-10-17(11-15-19)24-28-22(4,5)23(6,7)29-24/h8-15H,1-7H3,(H2,25,26,27). The molecule has 1 aliphatic rings. The van der Waals surface area contributed by atoms with Crippen molar-refractivity contribution in [2.75, 3.05) is 10.6 Å². The van der Waals surface area contributed by atoms with E-state index in [4.69, 9.17) is 9.31 Å². The Morgan fingerprint density at radius 2 is 1.21 bits per heavy atom. The largest absolute Gasteiger partial charge is 0.494 e.